The number of alkyl halides is 1. The lowest BCUT2D eigenvalue weighted by Crippen LogP contribution is -2.44. The summed E-state index contributed by atoms with van der Waals surface area (Å²) in [5.74, 6) is -3.29. The van der Waals surface area contributed by atoms with Gasteiger partial charge in [0.1, 0.15) is 17.9 Å². The maximum absolute atomic E-state index is 14.4. The Morgan fingerprint density at radius 3 is 2.83 bits per heavy atom. The Labute approximate surface area is 126 Å². The number of hydrogen-bond acceptors (Lipinski definition) is 9. The number of nitrogens with zero attached hydrogens (tertiary/aromatic N) is 5. The van der Waals surface area contributed by atoms with Gasteiger partial charge in [-0.2, -0.15) is 14.6 Å². The number of halogens is 2. The molecule has 3 heterocycles. The molecule has 10 nitrogen and oxygen atoms in total. The molecule has 2 aromatic heterocycles. The van der Waals surface area contributed by atoms with E-state index in [1.54, 1.807) is 0 Å². The van der Waals surface area contributed by atoms with Crippen LogP contribution < -0.4 is 5.73 Å². The molecule has 1 saturated heterocycles. The SMILES string of the molecule is N#C[C@]1(CO)O[C@@](O)(c2cnc3c(N)nc(F)nn23)[C@H](F)[C@@H]1O. The maximum Gasteiger partial charge on any atom is 0.328 e. The van der Waals surface area contributed by atoms with Crippen molar-refractivity contribution in [3.63, 3.8) is 0 Å². The van der Waals surface area contributed by atoms with Crippen molar-refractivity contribution < 1.29 is 28.8 Å². The number of nitriles is 1. The molecule has 122 valence electrons. The number of anilines is 1. The van der Waals surface area contributed by atoms with Crippen LogP contribution in [0.25, 0.3) is 5.65 Å². The first-order chi connectivity index (χ1) is 10.8. The number of aromatic nitrogens is 4. The van der Waals surface area contributed by atoms with E-state index in [-0.39, 0.29) is 11.5 Å². The van der Waals surface area contributed by atoms with Crippen molar-refractivity contribution in [3.05, 3.63) is 18.0 Å². The highest BCUT2D eigenvalue weighted by Gasteiger charge is 2.65. The standard InChI is InChI=1S/C11H10F2N6O4/c12-5-6(21)10(2-14,3-20)23-11(5,22)4-1-16-8-7(15)17-9(13)18-19(4)8/h1,5-6,20-22H,3H2,(H2,15,17,18)/t5-,6+,10-,11+/m1/s1. The third kappa shape index (κ3) is 1.88. The van der Waals surface area contributed by atoms with Crippen molar-refractivity contribution in [2.75, 3.05) is 12.3 Å². The molecule has 23 heavy (non-hydrogen) atoms. The van der Waals surface area contributed by atoms with Crippen LogP contribution in [0.4, 0.5) is 14.6 Å². The number of rotatable bonds is 2. The molecule has 0 amide bonds. The normalized spacial score (nSPS) is 33.9. The Morgan fingerprint density at radius 1 is 1.57 bits per heavy atom. The maximum atomic E-state index is 14.4. The van der Waals surface area contributed by atoms with Gasteiger partial charge in [0.2, 0.25) is 11.4 Å². The first-order valence-electron chi connectivity index (χ1n) is 6.23. The van der Waals surface area contributed by atoms with E-state index in [4.69, 9.17) is 15.7 Å². The summed E-state index contributed by atoms with van der Waals surface area (Å²) < 4.78 is 33.3. The van der Waals surface area contributed by atoms with Gasteiger partial charge in [-0.1, -0.05) is 0 Å². The van der Waals surface area contributed by atoms with Crippen molar-refractivity contribution >= 4 is 11.5 Å². The van der Waals surface area contributed by atoms with Crippen LogP contribution in [0.1, 0.15) is 5.69 Å². The summed E-state index contributed by atoms with van der Waals surface area (Å²) in [5, 5.41) is 41.8. The van der Waals surface area contributed by atoms with Crippen LogP contribution >= 0.6 is 0 Å². The summed E-state index contributed by atoms with van der Waals surface area (Å²) in [6.07, 6.45) is -5.12. The van der Waals surface area contributed by atoms with Crippen molar-refractivity contribution in [2.45, 2.75) is 23.7 Å². The summed E-state index contributed by atoms with van der Waals surface area (Å²) in [5.41, 5.74) is 2.31. The largest absolute Gasteiger partial charge is 0.392 e. The molecule has 0 spiro atoms. The number of fused-ring (bicyclic) bond motifs is 1. The van der Waals surface area contributed by atoms with Gasteiger partial charge in [0, 0.05) is 0 Å². The number of imidazole rings is 1. The number of aliphatic hydroxyl groups excluding tert-OH is 2. The molecule has 2 aromatic rings. The molecule has 1 aliphatic rings. The van der Waals surface area contributed by atoms with E-state index >= 15 is 0 Å². The van der Waals surface area contributed by atoms with Gasteiger partial charge in [-0.15, -0.1) is 5.10 Å². The van der Waals surface area contributed by atoms with Crippen LogP contribution in [-0.2, 0) is 10.5 Å². The lowest BCUT2D eigenvalue weighted by atomic mass is 9.96. The second-order valence-corrected chi connectivity index (χ2v) is 4.95. The lowest BCUT2D eigenvalue weighted by Gasteiger charge is -2.25. The van der Waals surface area contributed by atoms with Crippen molar-refractivity contribution in [3.8, 4) is 6.07 Å². The fraction of sp³-hybridized carbons (Fsp3) is 0.455. The minimum Gasteiger partial charge on any atom is -0.392 e. The molecule has 0 saturated carbocycles. The molecule has 12 heteroatoms. The minimum absolute atomic E-state index is 0.196. The third-order valence-corrected chi connectivity index (χ3v) is 3.62. The van der Waals surface area contributed by atoms with Gasteiger partial charge in [0.25, 0.3) is 0 Å². The van der Waals surface area contributed by atoms with E-state index in [2.05, 4.69) is 15.1 Å². The molecule has 4 atom stereocenters. The molecule has 0 bridgehead atoms. The quantitative estimate of drug-likeness (QED) is 0.487. The average Bonchev–Trinajstić information content (AvgIpc) is 3.02. The first kappa shape index (κ1) is 15.4. The molecule has 0 aliphatic carbocycles. The monoisotopic (exact) mass is 328 g/mol. The Bertz CT molecular complexity index is 825. The molecule has 3 rings (SSSR count). The van der Waals surface area contributed by atoms with Gasteiger partial charge < -0.3 is 25.8 Å². The molecule has 1 aliphatic heterocycles. The summed E-state index contributed by atoms with van der Waals surface area (Å²) >= 11 is 0. The van der Waals surface area contributed by atoms with Crippen molar-refractivity contribution in [1.29, 1.82) is 5.26 Å². The number of aliphatic hydroxyl groups is 3. The average molecular weight is 328 g/mol. The van der Waals surface area contributed by atoms with E-state index in [1.165, 1.54) is 6.07 Å². The van der Waals surface area contributed by atoms with Gasteiger partial charge in [0.05, 0.1) is 12.8 Å². The second kappa shape index (κ2) is 4.77. The van der Waals surface area contributed by atoms with E-state index in [9.17, 15) is 24.1 Å². The molecule has 0 radical (unpaired) electrons. The van der Waals surface area contributed by atoms with Crippen molar-refractivity contribution in [1.82, 2.24) is 19.6 Å². The van der Waals surface area contributed by atoms with E-state index < -0.39 is 42.0 Å². The zero-order chi connectivity index (χ0) is 17.0. The minimum atomic E-state index is -2.91. The Hall–Kier alpha value is -2.46. The first-order valence-corrected chi connectivity index (χ1v) is 6.23. The van der Waals surface area contributed by atoms with E-state index in [0.29, 0.717) is 4.52 Å². The Balaban J connectivity index is 2.21. The second-order valence-electron chi connectivity index (χ2n) is 4.95. The van der Waals surface area contributed by atoms with Crippen LogP contribution in [0.2, 0.25) is 0 Å². The fourth-order valence-corrected chi connectivity index (χ4v) is 2.41. The van der Waals surface area contributed by atoms with Crippen LogP contribution in [0.3, 0.4) is 0 Å². The van der Waals surface area contributed by atoms with E-state index in [0.717, 1.165) is 6.20 Å². The molecule has 0 aromatic carbocycles. The van der Waals surface area contributed by atoms with Gasteiger partial charge in [-0.25, -0.2) is 13.9 Å². The zero-order valence-corrected chi connectivity index (χ0v) is 11.3. The predicted octanol–water partition coefficient (Wildman–Crippen LogP) is -2.03. The smallest absolute Gasteiger partial charge is 0.328 e. The summed E-state index contributed by atoms with van der Waals surface area (Å²) in [6.45, 7) is -1.09. The summed E-state index contributed by atoms with van der Waals surface area (Å²) in [4.78, 5) is 6.94. The highest BCUT2D eigenvalue weighted by atomic mass is 19.1. The van der Waals surface area contributed by atoms with Gasteiger partial charge >= 0.3 is 6.08 Å². The fourth-order valence-electron chi connectivity index (χ4n) is 2.41. The Morgan fingerprint density at radius 2 is 2.26 bits per heavy atom. The Kier molecular flexibility index (Phi) is 3.20. The zero-order valence-electron chi connectivity index (χ0n) is 11.3. The predicted molar refractivity (Wildman–Crippen MR) is 66.5 cm³/mol. The molecule has 0 unspecified atom stereocenters. The number of hydrogen-bond donors (Lipinski definition) is 4. The third-order valence-electron chi connectivity index (χ3n) is 3.62. The van der Waals surface area contributed by atoms with Crippen LogP contribution in [0.5, 0.6) is 0 Å². The van der Waals surface area contributed by atoms with Crippen molar-refractivity contribution in [2.24, 2.45) is 0 Å². The highest BCUT2D eigenvalue weighted by molar-refractivity contribution is 5.59. The number of nitrogen functional groups attached to an aromatic ring is 1. The lowest BCUT2D eigenvalue weighted by molar-refractivity contribution is -0.246. The summed E-state index contributed by atoms with van der Waals surface area (Å²) in [7, 11) is 0. The summed E-state index contributed by atoms with van der Waals surface area (Å²) in [6, 6.07) is 1.41. The highest BCUT2D eigenvalue weighted by Crippen LogP contribution is 2.44. The molecular formula is C11H10F2N6O4. The van der Waals surface area contributed by atoms with Gasteiger partial charge in [0.15, 0.2) is 17.6 Å². The number of nitrogens with two attached hydrogens (primary N) is 1. The van der Waals surface area contributed by atoms with Gasteiger partial charge in [-0.05, 0) is 0 Å². The van der Waals surface area contributed by atoms with Crippen LogP contribution in [0, 0.1) is 17.4 Å². The van der Waals surface area contributed by atoms with Gasteiger partial charge in [-0.3, -0.25) is 0 Å². The molecule has 1 fully saturated rings. The number of ether oxygens (including phenoxy) is 1. The topological polar surface area (TPSA) is 163 Å². The van der Waals surface area contributed by atoms with Crippen LogP contribution in [-0.4, -0.2) is 59.4 Å². The van der Waals surface area contributed by atoms with Crippen LogP contribution in [0.15, 0.2) is 6.20 Å². The molecule has 5 N–H and O–H groups in total. The molecular weight excluding hydrogens is 318 g/mol. The van der Waals surface area contributed by atoms with E-state index in [1.807, 2.05) is 0 Å².